The highest BCUT2D eigenvalue weighted by molar-refractivity contribution is 7.89. The highest BCUT2D eigenvalue weighted by Crippen LogP contribution is 2.32. The van der Waals surface area contributed by atoms with E-state index in [0.29, 0.717) is 34.3 Å². The number of hydrogen-bond donors (Lipinski definition) is 1. The van der Waals surface area contributed by atoms with Gasteiger partial charge in [0.2, 0.25) is 15.9 Å². The molecule has 0 aromatic heterocycles. The first-order chi connectivity index (χ1) is 14.7. The van der Waals surface area contributed by atoms with Gasteiger partial charge in [-0.3, -0.25) is 4.79 Å². The second-order valence-electron chi connectivity index (χ2n) is 7.32. The standard InChI is InChI=1S/C21H23Cl3N2O4S/c1-30-20-10-8-16(12-19(20)24)31(28,29)26(15-5-3-2-4-6-15)13-21(27)25-14-7-9-17(22)18(23)11-14/h7-12,15H,2-6,13H2,1H3,(H,25,27). The van der Waals surface area contributed by atoms with Crippen LogP contribution in [0, 0.1) is 0 Å². The van der Waals surface area contributed by atoms with Crippen molar-refractivity contribution in [1.29, 1.82) is 0 Å². The Labute approximate surface area is 197 Å². The van der Waals surface area contributed by atoms with Crippen molar-refractivity contribution in [2.75, 3.05) is 19.0 Å². The zero-order valence-corrected chi connectivity index (χ0v) is 20.0. The molecule has 0 bridgehead atoms. The number of nitrogens with one attached hydrogen (secondary N) is 1. The first-order valence-corrected chi connectivity index (χ1v) is 12.4. The summed E-state index contributed by atoms with van der Waals surface area (Å²) < 4.78 is 33.3. The Bertz CT molecular complexity index is 1060. The number of sulfonamides is 1. The normalized spacial score (nSPS) is 15.1. The molecular formula is C21H23Cl3N2O4S. The maximum absolute atomic E-state index is 13.5. The largest absolute Gasteiger partial charge is 0.495 e. The number of carbonyl (C=O) groups is 1. The lowest BCUT2D eigenvalue weighted by Gasteiger charge is -2.33. The number of nitrogens with zero attached hydrogens (tertiary/aromatic N) is 1. The molecule has 3 rings (SSSR count). The van der Waals surface area contributed by atoms with Crippen LogP contribution < -0.4 is 10.1 Å². The molecule has 2 aromatic rings. The highest BCUT2D eigenvalue weighted by atomic mass is 35.5. The monoisotopic (exact) mass is 504 g/mol. The van der Waals surface area contributed by atoms with E-state index in [1.807, 2.05) is 0 Å². The van der Waals surface area contributed by atoms with Gasteiger partial charge in [0.1, 0.15) is 5.75 Å². The first-order valence-electron chi connectivity index (χ1n) is 9.82. The summed E-state index contributed by atoms with van der Waals surface area (Å²) in [5.41, 5.74) is 0.438. The predicted octanol–water partition coefficient (Wildman–Crippen LogP) is 5.62. The Morgan fingerprint density at radius 2 is 1.74 bits per heavy atom. The summed E-state index contributed by atoms with van der Waals surface area (Å²) in [6.07, 6.45) is 4.27. The van der Waals surface area contributed by atoms with E-state index >= 15 is 0 Å². The molecular weight excluding hydrogens is 483 g/mol. The molecule has 10 heteroatoms. The SMILES string of the molecule is COc1ccc(S(=O)(=O)N(CC(=O)Nc2ccc(Cl)c(Cl)c2)C2CCCCC2)cc1Cl. The van der Waals surface area contributed by atoms with Gasteiger partial charge < -0.3 is 10.1 Å². The van der Waals surface area contributed by atoms with Crippen LogP contribution in [0.1, 0.15) is 32.1 Å². The minimum absolute atomic E-state index is 0.0196. The molecule has 168 valence electrons. The van der Waals surface area contributed by atoms with Gasteiger partial charge in [0.25, 0.3) is 0 Å². The van der Waals surface area contributed by atoms with Crippen LogP contribution in [-0.2, 0) is 14.8 Å². The van der Waals surface area contributed by atoms with E-state index in [-0.39, 0.29) is 22.5 Å². The molecule has 2 aromatic carbocycles. The summed E-state index contributed by atoms with van der Waals surface area (Å²) >= 11 is 18.1. The van der Waals surface area contributed by atoms with Crippen LogP contribution in [0.2, 0.25) is 15.1 Å². The predicted molar refractivity (Wildman–Crippen MR) is 124 cm³/mol. The van der Waals surface area contributed by atoms with Crippen molar-refractivity contribution in [3.8, 4) is 5.75 Å². The Balaban J connectivity index is 1.87. The lowest BCUT2D eigenvalue weighted by atomic mass is 9.95. The van der Waals surface area contributed by atoms with Gasteiger partial charge >= 0.3 is 0 Å². The van der Waals surface area contributed by atoms with Crippen LogP contribution in [0.4, 0.5) is 5.69 Å². The van der Waals surface area contributed by atoms with E-state index in [0.717, 1.165) is 19.3 Å². The van der Waals surface area contributed by atoms with Crippen LogP contribution >= 0.6 is 34.8 Å². The summed E-state index contributed by atoms with van der Waals surface area (Å²) in [6.45, 7) is -0.323. The number of anilines is 1. The van der Waals surface area contributed by atoms with Gasteiger partial charge in [-0.2, -0.15) is 4.31 Å². The van der Waals surface area contributed by atoms with Crippen molar-refractivity contribution in [1.82, 2.24) is 4.31 Å². The molecule has 0 aliphatic heterocycles. The van der Waals surface area contributed by atoms with Crippen LogP contribution in [0.25, 0.3) is 0 Å². The smallest absolute Gasteiger partial charge is 0.243 e. The van der Waals surface area contributed by atoms with Crippen LogP contribution in [0.3, 0.4) is 0 Å². The van der Waals surface area contributed by atoms with E-state index in [1.54, 1.807) is 12.1 Å². The minimum Gasteiger partial charge on any atom is -0.495 e. The third kappa shape index (κ3) is 5.84. The molecule has 31 heavy (non-hydrogen) atoms. The van der Waals surface area contributed by atoms with E-state index < -0.39 is 15.9 Å². The molecule has 1 fully saturated rings. The zero-order chi connectivity index (χ0) is 22.6. The van der Waals surface area contributed by atoms with Crippen molar-refractivity contribution in [2.24, 2.45) is 0 Å². The molecule has 0 saturated heterocycles. The van der Waals surface area contributed by atoms with Crippen molar-refractivity contribution in [3.63, 3.8) is 0 Å². The molecule has 0 heterocycles. The van der Waals surface area contributed by atoms with Crippen LogP contribution in [-0.4, -0.2) is 38.3 Å². The maximum Gasteiger partial charge on any atom is 0.243 e. The quantitative estimate of drug-likeness (QED) is 0.530. The van der Waals surface area contributed by atoms with Gasteiger partial charge in [0.15, 0.2) is 0 Å². The summed E-state index contributed by atoms with van der Waals surface area (Å²) in [5.74, 6) is -0.0886. The summed E-state index contributed by atoms with van der Waals surface area (Å²) in [5, 5.41) is 3.54. The molecule has 0 spiro atoms. The average molecular weight is 506 g/mol. The van der Waals surface area contributed by atoms with Gasteiger partial charge in [-0.15, -0.1) is 0 Å². The lowest BCUT2D eigenvalue weighted by molar-refractivity contribution is -0.116. The number of methoxy groups -OCH3 is 1. The van der Waals surface area contributed by atoms with E-state index in [9.17, 15) is 13.2 Å². The molecule has 1 N–H and O–H groups in total. The van der Waals surface area contributed by atoms with Crippen molar-refractivity contribution < 1.29 is 17.9 Å². The molecule has 0 atom stereocenters. The first kappa shape index (κ1) is 24.1. The highest BCUT2D eigenvalue weighted by Gasteiger charge is 2.34. The number of ether oxygens (including phenoxy) is 1. The summed E-state index contributed by atoms with van der Waals surface area (Å²) in [4.78, 5) is 12.8. The Morgan fingerprint density at radius 3 is 2.35 bits per heavy atom. The number of benzene rings is 2. The van der Waals surface area contributed by atoms with E-state index in [4.69, 9.17) is 39.5 Å². The number of rotatable bonds is 7. The van der Waals surface area contributed by atoms with Gasteiger partial charge in [0, 0.05) is 11.7 Å². The molecule has 0 unspecified atom stereocenters. The Hall–Kier alpha value is -1.51. The number of carbonyl (C=O) groups excluding carboxylic acids is 1. The van der Waals surface area contributed by atoms with Gasteiger partial charge in [0.05, 0.1) is 33.6 Å². The number of halogens is 3. The topological polar surface area (TPSA) is 75.7 Å². The maximum atomic E-state index is 13.5. The third-order valence-electron chi connectivity index (χ3n) is 5.21. The molecule has 1 aliphatic rings. The molecule has 6 nitrogen and oxygen atoms in total. The summed E-state index contributed by atoms with van der Waals surface area (Å²) in [7, 11) is -2.51. The molecule has 0 radical (unpaired) electrons. The lowest BCUT2D eigenvalue weighted by Crippen LogP contribution is -2.45. The zero-order valence-electron chi connectivity index (χ0n) is 16.9. The minimum atomic E-state index is -3.97. The Morgan fingerprint density at radius 1 is 1.03 bits per heavy atom. The second-order valence-corrected chi connectivity index (χ2v) is 10.4. The van der Waals surface area contributed by atoms with Crippen LogP contribution in [0.15, 0.2) is 41.3 Å². The van der Waals surface area contributed by atoms with Crippen LogP contribution in [0.5, 0.6) is 5.75 Å². The average Bonchev–Trinajstić information content (AvgIpc) is 2.75. The summed E-state index contributed by atoms with van der Waals surface area (Å²) in [6, 6.07) is 8.71. The van der Waals surface area contributed by atoms with Crippen molar-refractivity contribution in [2.45, 2.75) is 43.0 Å². The second kappa shape index (κ2) is 10.4. The van der Waals surface area contributed by atoms with Gasteiger partial charge in [-0.25, -0.2) is 8.42 Å². The molecule has 1 saturated carbocycles. The Kier molecular flexibility index (Phi) is 8.10. The van der Waals surface area contributed by atoms with Crippen molar-refractivity contribution >= 4 is 56.4 Å². The number of hydrogen-bond acceptors (Lipinski definition) is 4. The van der Waals surface area contributed by atoms with Crippen molar-refractivity contribution in [3.05, 3.63) is 51.5 Å². The number of amides is 1. The van der Waals surface area contributed by atoms with Gasteiger partial charge in [-0.05, 0) is 49.2 Å². The fourth-order valence-electron chi connectivity index (χ4n) is 3.64. The molecule has 1 amide bonds. The van der Waals surface area contributed by atoms with E-state index in [1.165, 1.54) is 35.7 Å². The fourth-order valence-corrected chi connectivity index (χ4v) is 5.93. The van der Waals surface area contributed by atoms with E-state index in [2.05, 4.69) is 5.32 Å². The van der Waals surface area contributed by atoms with Gasteiger partial charge in [-0.1, -0.05) is 54.1 Å². The molecule has 1 aliphatic carbocycles. The third-order valence-corrected chi connectivity index (χ3v) is 8.14. The fraction of sp³-hybridized carbons (Fsp3) is 0.381.